The highest BCUT2D eigenvalue weighted by Crippen LogP contribution is 2.25. The molecule has 0 amide bonds. The number of hydrogen-bond donors (Lipinski definition) is 0. The van der Waals surface area contributed by atoms with E-state index in [2.05, 4.69) is 11.9 Å². The van der Waals surface area contributed by atoms with Crippen molar-refractivity contribution in [3.05, 3.63) is 59.1 Å². The van der Waals surface area contributed by atoms with Crippen molar-refractivity contribution in [2.45, 2.75) is 13.0 Å². The van der Waals surface area contributed by atoms with Crippen LogP contribution < -0.4 is 4.90 Å². The highest BCUT2D eigenvalue weighted by atomic mass is 35.5. The van der Waals surface area contributed by atoms with E-state index in [1.807, 2.05) is 36.2 Å². The van der Waals surface area contributed by atoms with Crippen molar-refractivity contribution in [3.8, 4) is 0 Å². The Bertz CT molecular complexity index is 528. The molecule has 4 heteroatoms. The molecule has 1 aromatic carbocycles. The molecule has 2 nitrogen and oxygen atoms in total. The number of benzene rings is 1. The summed E-state index contributed by atoms with van der Waals surface area (Å²) in [6.45, 7) is 2.06. The highest BCUT2D eigenvalue weighted by Gasteiger charge is 2.12. The first-order chi connectivity index (χ1) is 8.58. The van der Waals surface area contributed by atoms with Gasteiger partial charge >= 0.3 is 0 Å². The third-order valence-electron chi connectivity index (χ3n) is 3.05. The third kappa shape index (κ3) is 2.79. The Morgan fingerprint density at radius 2 is 1.89 bits per heavy atom. The van der Waals surface area contributed by atoms with Crippen LogP contribution >= 0.6 is 11.6 Å². The summed E-state index contributed by atoms with van der Waals surface area (Å²) in [7, 11) is 1.92. The van der Waals surface area contributed by atoms with E-state index in [1.165, 1.54) is 12.3 Å². The third-order valence-corrected chi connectivity index (χ3v) is 3.30. The summed E-state index contributed by atoms with van der Waals surface area (Å²) < 4.78 is 13.1. The fraction of sp³-hybridized carbons (Fsp3) is 0.214. The second kappa shape index (κ2) is 5.36. The molecule has 0 aliphatic heterocycles. The summed E-state index contributed by atoms with van der Waals surface area (Å²) >= 11 is 5.86. The molecule has 18 heavy (non-hydrogen) atoms. The number of aromatic nitrogens is 1. The molecule has 1 unspecified atom stereocenters. The van der Waals surface area contributed by atoms with Gasteiger partial charge in [-0.3, -0.25) is 0 Å². The number of nitrogens with zero attached hydrogens (tertiary/aromatic N) is 2. The Balaban J connectivity index is 2.23. The standard InChI is InChI=1S/C14H14ClFN2/c1-10(11-3-5-12(15)6-4-11)18(2)13-7-8-17-14(16)9-13/h3-10H,1-2H3. The maximum atomic E-state index is 13.1. The highest BCUT2D eigenvalue weighted by molar-refractivity contribution is 6.30. The molecule has 0 fully saturated rings. The van der Waals surface area contributed by atoms with E-state index in [-0.39, 0.29) is 6.04 Å². The van der Waals surface area contributed by atoms with E-state index < -0.39 is 5.95 Å². The number of halogens is 2. The van der Waals surface area contributed by atoms with Gasteiger partial charge in [0.05, 0.1) is 6.04 Å². The molecule has 0 aliphatic carbocycles. The Kier molecular flexibility index (Phi) is 3.82. The van der Waals surface area contributed by atoms with Gasteiger partial charge in [0.25, 0.3) is 0 Å². The van der Waals surface area contributed by atoms with Crippen molar-refractivity contribution < 1.29 is 4.39 Å². The minimum Gasteiger partial charge on any atom is -0.368 e. The summed E-state index contributed by atoms with van der Waals surface area (Å²) in [6.07, 6.45) is 1.47. The molecule has 0 saturated carbocycles. The zero-order valence-corrected chi connectivity index (χ0v) is 11.0. The normalized spacial score (nSPS) is 12.2. The zero-order valence-electron chi connectivity index (χ0n) is 10.3. The lowest BCUT2D eigenvalue weighted by Crippen LogP contribution is -2.21. The molecule has 0 spiro atoms. The van der Waals surface area contributed by atoms with Gasteiger partial charge in [-0.25, -0.2) is 4.98 Å². The van der Waals surface area contributed by atoms with Gasteiger partial charge < -0.3 is 4.90 Å². The van der Waals surface area contributed by atoms with E-state index in [9.17, 15) is 4.39 Å². The smallest absolute Gasteiger partial charge is 0.214 e. The van der Waals surface area contributed by atoms with Crippen LogP contribution in [-0.2, 0) is 0 Å². The summed E-state index contributed by atoms with van der Waals surface area (Å²) in [5.74, 6) is -0.470. The van der Waals surface area contributed by atoms with Gasteiger partial charge in [0, 0.05) is 30.0 Å². The second-order valence-electron chi connectivity index (χ2n) is 4.18. The van der Waals surface area contributed by atoms with Gasteiger partial charge in [0.1, 0.15) is 0 Å². The Hall–Kier alpha value is -1.61. The Morgan fingerprint density at radius 1 is 1.22 bits per heavy atom. The predicted octanol–water partition coefficient (Wildman–Crippen LogP) is 4.07. The fourth-order valence-electron chi connectivity index (χ4n) is 1.80. The lowest BCUT2D eigenvalue weighted by atomic mass is 10.1. The molecule has 0 bridgehead atoms. The van der Waals surface area contributed by atoms with Crippen LogP contribution in [0.1, 0.15) is 18.5 Å². The van der Waals surface area contributed by atoms with Crippen LogP contribution in [0, 0.1) is 5.95 Å². The van der Waals surface area contributed by atoms with Gasteiger partial charge in [-0.2, -0.15) is 4.39 Å². The average molecular weight is 265 g/mol. The average Bonchev–Trinajstić information content (AvgIpc) is 2.38. The summed E-state index contributed by atoms with van der Waals surface area (Å²) in [4.78, 5) is 5.55. The largest absolute Gasteiger partial charge is 0.368 e. The molecule has 0 N–H and O–H groups in total. The molecule has 1 atom stereocenters. The molecular formula is C14H14ClFN2. The molecule has 1 heterocycles. The topological polar surface area (TPSA) is 16.1 Å². The van der Waals surface area contributed by atoms with E-state index in [0.717, 1.165) is 11.3 Å². The van der Waals surface area contributed by atoms with Crippen LogP contribution in [0.15, 0.2) is 42.6 Å². The molecule has 0 saturated heterocycles. The van der Waals surface area contributed by atoms with Crippen molar-refractivity contribution in [2.75, 3.05) is 11.9 Å². The van der Waals surface area contributed by atoms with E-state index in [1.54, 1.807) is 6.07 Å². The van der Waals surface area contributed by atoms with Crippen molar-refractivity contribution in [1.82, 2.24) is 4.98 Å². The minimum absolute atomic E-state index is 0.129. The minimum atomic E-state index is -0.470. The van der Waals surface area contributed by atoms with Crippen LogP contribution in [0.4, 0.5) is 10.1 Å². The summed E-state index contributed by atoms with van der Waals surface area (Å²) in [5.41, 5.74) is 1.92. The van der Waals surface area contributed by atoms with Gasteiger partial charge in [-0.1, -0.05) is 23.7 Å². The first-order valence-corrected chi connectivity index (χ1v) is 6.05. The monoisotopic (exact) mass is 264 g/mol. The second-order valence-corrected chi connectivity index (χ2v) is 4.61. The molecular weight excluding hydrogens is 251 g/mol. The number of hydrogen-bond acceptors (Lipinski definition) is 2. The maximum absolute atomic E-state index is 13.1. The number of rotatable bonds is 3. The van der Waals surface area contributed by atoms with Gasteiger partial charge in [0.2, 0.25) is 5.95 Å². The molecule has 94 valence electrons. The molecule has 2 aromatic rings. The van der Waals surface area contributed by atoms with Crippen molar-refractivity contribution >= 4 is 17.3 Å². The Labute approximate surface area is 111 Å². The SMILES string of the molecule is CC(c1ccc(Cl)cc1)N(C)c1ccnc(F)c1. The predicted molar refractivity (Wildman–Crippen MR) is 72.5 cm³/mol. The van der Waals surface area contributed by atoms with E-state index in [0.29, 0.717) is 5.02 Å². The first-order valence-electron chi connectivity index (χ1n) is 5.68. The van der Waals surface area contributed by atoms with E-state index >= 15 is 0 Å². The van der Waals surface area contributed by atoms with Gasteiger partial charge in [0.15, 0.2) is 0 Å². The Morgan fingerprint density at radius 3 is 2.50 bits per heavy atom. The van der Waals surface area contributed by atoms with Crippen LogP contribution in [0.25, 0.3) is 0 Å². The fourth-order valence-corrected chi connectivity index (χ4v) is 1.93. The van der Waals surface area contributed by atoms with E-state index in [4.69, 9.17) is 11.6 Å². The quantitative estimate of drug-likeness (QED) is 0.777. The molecule has 0 radical (unpaired) electrons. The lowest BCUT2D eigenvalue weighted by molar-refractivity contribution is 0.582. The summed E-state index contributed by atoms with van der Waals surface area (Å²) in [5, 5.41) is 0.712. The van der Waals surface area contributed by atoms with Crippen molar-refractivity contribution in [2.24, 2.45) is 0 Å². The van der Waals surface area contributed by atoms with Crippen molar-refractivity contribution in [3.63, 3.8) is 0 Å². The molecule has 0 aliphatic rings. The first kappa shape index (κ1) is 12.8. The summed E-state index contributed by atoms with van der Waals surface area (Å²) in [6, 6.07) is 11.0. The van der Waals surface area contributed by atoms with Crippen LogP contribution in [0.3, 0.4) is 0 Å². The lowest BCUT2D eigenvalue weighted by Gasteiger charge is -2.27. The van der Waals surface area contributed by atoms with Gasteiger partial charge in [-0.05, 0) is 30.7 Å². The van der Waals surface area contributed by atoms with Crippen LogP contribution in [-0.4, -0.2) is 12.0 Å². The van der Waals surface area contributed by atoms with Crippen LogP contribution in [0.5, 0.6) is 0 Å². The van der Waals surface area contributed by atoms with Crippen LogP contribution in [0.2, 0.25) is 5.02 Å². The van der Waals surface area contributed by atoms with Crippen molar-refractivity contribution in [1.29, 1.82) is 0 Å². The van der Waals surface area contributed by atoms with Gasteiger partial charge in [-0.15, -0.1) is 0 Å². The molecule has 2 rings (SSSR count). The maximum Gasteiger partial charge on any atom is 0.214 e. The zero-order chi connectivity index (χ0) is 13.1. The number of pyridine rings is 1. The molecule has 1 aromatic heterocycles. The number of anilines is 1.